The fourth-order valence-electron chi connectivity index (χ4n) is 6.23. The first-order valence-electron chi connectivity index (χ1n) is 14.4. The number of carbonyl (C=O) groups excluding carboxylic acids is 1. The minimum atomic E-state index is -3.06. The molecule has 12 heteroatoms. The first kappa shape index (κ1) is 28.2. The van der Waals surface area contributed by atoms with Crippen molar-refractivity contribution < 1.29 is 17.6 Å². The number of piperazine rings is 1. The molecule has 10 nitrogen and oxygen atoms in total. The molecular weight excluding hydrogens is 557 g/mol. The lowest BCUT2D eigenvalue weighted by Gasteiger charge is -2.42. The molecule has 2 fully saturated rings. The van der Waals surface area contributed by atoms with Crippen molar-refractivity contribution in [1.82, 2.24) is 14.9 Å². The van der Waals surface area contributed by atoms with E-state index in [-0.39, 0.29) is 23.0 Å². The Kier molecular flexibility index (Phi) is 7.65. The van der Waals surface area contributed by atoms with E-state index in [9.17, 15) is 17.6 Å². The lowest BCUT2D eigenvalue weighted by molar-refractivity contribution is -0.132. The Balaban J connectivity index is 1.13. The summed E-state index contributed by atoms with van der Waals surface area (Å²) in [6.07, 6.45) is 5.79. The fraction of sp³-hybridized carbons (Fsp3) is 0.433. The molecule has 3 aromatic rings. The molecular formula is C30H36FN7O3S. The molecule has 2 aromatic carbocycles. The molecule has 0 spiro atoms. The second-order valence-electron chi connectivity index (χ2n) is 11.4. The summed E-state index contributed by atoms with van der Waals surface area (Å²) < 4.78 is 38.3. The molecule has 1 amide bonds. The van der Waals surface area contributed by atoms with Gasteiger partial charge in [-0.05, 0) is 50.1 Å². The van der Waals surface area contributed by atoms with E-state index in [0.29, 0.717) is 75.9 Å². The van der Waals surface area contributed by atoms with Crippen LogP contribution in [0.25, 0.3) is 11.1 Å². The van der Waals surface area contributed by atoms with Crippen molar-refractivity contribution in [2.75, 3.05) is 72.2 Å². The smallest absolute Gasteiger partial charge is 0.242 e. The average Bonchev–Trinajstić information content (AvgIpc) is 3.39. The predicted molar refractivity (Wildman–Crippen MR) is 163 cm³/mol. The third-order valence-corrected chi connectivity index (χ3v) is 10.2. The Bertz CT molecular complexity index is 1560. The number of fused-ring (bicyclic) bond motifs is 1. The lowest BCUT2D eigenvalue weighted by Crippen LogP contribution is -2.56. The Morgan fingerprint density at radius 3 is 2.45 bits per heavy atom. The molecule has 0 radical (unpaired) electrons. The molecule has 4 heterocycles. The largest absolute Gasteiger partial charge is 0.367 e. The van der Waals surface area contributed by atoms with Crippen molar-refractivity contribution in [1.29, 1.82) is 0 Å². The van der Waals surface area contributed by atoms with Crippen LogP contribution in [0.4, 0.5) is 27.4 Å². The van der Waals surface area contributed by atoms with Gasteiger partial charge in [-0.15, -0.1) is 0 Å². The van der Waals surface area contributed by atoms with Crippen molar-refractivity contribution in [3.05, 3.63) is 60.7 Å². The number of hydrogen-bond acceptors (Lipinski definition) is 9. The number of sulfone groups is 1. The number of benzene rings is 2. The standard InChI is InChI=1S/C30H36FN7O3S/c1-21-18-36(13-14-38(21)29(39)19-37-20-34-26-5-3-4-6-28(26)37)27-8-7-23(31)15-25(27)22-16-32-30(33-17-22)35-11-9-24(10-12-35)42(2,40)41/h3-8,15-17,21,24,34H,9-14,18-20H2,1-2H3. The SMILES string of the molecule is CC1CN(c2ccc(F)cc2-c2cnc(N3CCC(S(C)(=O)=O)CC3)nc2)CCN1C(=O)CN1CNc2ccccc21. The van der Waals surface area contributed by atoms with E-state index in [1.54, 1.807) is 18.5 Å². The molecule has 2 saturated heterocycles. The van der Waals surface area contributed by atoms with E-state index in [2.05, 4.69) is 25.1 Å². The molecule has 1 atom stereocenters. The van der Waals surface area contributed by atoms with Gasteiger partial charge in [-0.1, -0.05) is 12.1 Å². The Morgan fingerprint density at radius 1 is 1.00 bits per heavy atom. The summed E-state index contributed by atoms with van der Waals surface area (Å²) in [4.78, 5) is 30.6. The van der Waals surface area contributed by atoms with Crippen molar-refractivity contribution in [3.8, 4) is 11.1 Å². The zero-order valence-corrected chi connectivity index (χ0v) is 24.7. The highest BCUT2D eigenvalue weighted by molar-refractivity contribution is 7.91. The summed E-state index contributed by atoms with van der Waals surface area (Å²) in [5, 5.41) is 3.01. The summed E-state index contributed by atoms with van der Waals surface area (Å²) in [5.41, 5.74) is 4.35. The second-order valence-corrected chi connectivity index (χ2v) is 13.7. The van der Waals surface area contributed by atoms with E-state index in [1.807, 2.05) is 41.0 Å². The summed E-state index contributed by atoms with van der Waals surface area (Å²) in [6, 6.07) is 12.7. The lowest BCUT2D eigenvalue weighted by atomic mass is 10.0. The maximum Gasteiger partial charge on any atom is 0.242 e. The highest BCUT2D eigenvalue weighted by Gasteiger charge is 2.31. The Morgan fingerprint density at radius 2 is 1.74 bits per heavy atom. The van der Waals surface area contributed by atoms with E-state index < -0.39 is 9.84 Å². The van der Waals surface area contributed by atoms with E-state index in [4.69, 9.17) is 0 Å². The quantitative estimate of drug-likeness (QED) is 0.462. The molecule has 0 bridgehead atoms. The average molecular weight is 594 g/mol. The number of hydrogen-bond donors (Lipinski definition) is 1. The number of amides is 1. The van der Waals surface area contributed by atoms with Gasteiger partial charge in [-0.3, -0.25) is 4.79 Å². The van der Waals surface area contributed by atoms with E-state index >= 15 is 0 Å². The molecule has 3 aliphatic heterocycles. The van der Waals surface area contributed by atoms with Gasteiger partial charge in [0.2, 0.25) is 11.9 Å². The van der Waals surface area contributed by atoms with Crippen LogP contribution in [0.3, 0.4) is 0 Å². The van der Waals surface area contributed by atoms with Crippen LogP contribution in [0.1, 0.15) is 19.8 Å². The van der Waals surface area contributed by atoms with Crippen molar-refractivity contribution >= 4 is 38.8 Å². The van der Waals surface area contributed by atoms with Crippen LogP contribution in [-0.2, 0) is 14.6 Å². The molecule has 0 saturated carbocycles. The highest BCUT2D eigenvalue weighted by atomic mass is 32.2. The Hall–Kier alpha value is -3.93. The van der Waals surface area contributed by atoms with Crippen LogP contribution in [0.15, 0.2) is 54.9 Å². The van der Waals surface area contributed by atoms with Crippen molar-refractivity contribution in [3.63, 3.8) is 0 Å². The number of anilines is 4. The zero-order valence-electron chi connectivity index (χ0n) is 23.9. The van der Waals surface area contributed by atoms with Gasteiger partial charge in [0.05, 0.1) is 29.8 Å². The summed E-state index contributed by atoms with van der Waals surface area (Å²) in [5.74, 6) is 0.284. The molecule has 0 aliphatic carbocycles. The van der Waals surface area contributed by atoms with Gasteiger partial charge in [-0.2, -0.15) is 0 Å². The van der Waals surface area contributed by atoms with Crippen molar-refractivity contribution in [2.45, 2.75) is 31.1 Å². The van der Waals surface area contributed by atoms with Crippen LogP contribution in [0.2, 0.25) is 0 Å². The van der Waals surface area contributed by atoms with Gasteiger partial charge < -0.3 is 24.9 Å². The van der Waals surface area contributed by atoms with Crippen LogP contribution in [0.5, 0.6) is 0 Å². The number of piperidine rings is 1. The second kappa shape index (κ2) is 11.4. The van der Waals surface area contributed by atoms with Crippen LogP contribution in [0, 0.1) is 5.82 Å². The Labute approximate surface area is 246 Å². The summed E-state index contributed by atoms with van der Waals surface area (Å²) in [6.45, 7) is 5.93. The van der Waals surface area contributed by atoms with Gasteiger partial charge in [0.1, 0.15) is 15.7 Å². The van der Waals surface area contributed by atoms with Gasteiger partial charge >= 0.3 is 0 Å². The third kappa shape index (κ3) is 5.72. The number of aromatic nitrogens is 2. The van der Waals surface area contributed by atoms with Gasteiger partial charge in [0.25, 0.3) is 0 Å². The van der Waals surface area contributed by atoms with Crippen molar-refractivity contribution in [2.24, 2.45) is 0 Å². The van der Waals surface area contributed by atoms with Gasteiger partial charge in [0.15, 0.2) is 0 Å². The van der Waals surface area contributed by atoms with Crippen LogP contribution in [-0.4, -0.2) is 92.7 Å². The number of nitrogens with one attached hydrogen (secondary N) is 1. The number of nitrogens with zero attached hydrogens (tertiary/aromatic N) is 6. The molecule has 222 valence electrons. The molecule has 3 aliphatic rings. The maximum atomic E-state index is 14.5. The highest BCUT2D eigenvalue weighted by Crippen LogP contribution is 2.34. The fourth-order valence-corrected chi connectivity index (χ4v) is 7.30. The third-order valence-electron chi connectivity index (χ3n) is 8.56. The molecule has 1 N–H and O–H groups in total. The monoisotopic (exact) mass is 593 g/mol. The number of carbonyl (C=O) groups is 1. The zero-order chi connectivity index (χ0) is 29.4. The first-order valence-corrected chi connectivity index (χ1v) is 16.3. The maximum absolute atomic E-state index is 14.5. The molecule has 1 unspecified atom stereocenters. The minimum Gasteiger partial charge on any atom is -0.367 e. The van der Waals surface area contributed by atoms with Gasteiger partial charge in [-0.25, -0.2) is 22.8 Å². The summed E-state index contributed by atoms with van der Waals surface area (Å²) in [7, 11) is -3.06. The first-order chi connectivity index (χ1) is 20.2. The number of para-hydroxylation sites is 2. The number of rotatable bonds is 6. The van der Waals surface area contributed by atoms with E-state index in [0.717, 1.165) is 17.1 Å². The molecule has 6 rings (SSSR count). The van der Waals surface area contributed by atoms with Gasteiger partial charge in [0, 0.05) is 74.2 Å². The van der Waals surface area contributed by atoms with Crippen LogP contribution < -0.4 is 20.0 Å². The predicted octanol–water partition coefficient (Wildman–Crippen LogP) is 3.22. The molecule has 1 aromatic heterocycles. The molecule has 42 heavy (non-hydrogen) atoms. The minimum absolute atomic E-state index is 0.0246. The normalized spacial score (nSPS) is 19.5. The van der Waals surface area contributed by atoms with E-state index in [1.165, 1.54) is 18.4 Å². The van der Waals surface area contributed by atoms with Crippen LogP contribution >= 0.6 is 0 Å². The summed E-state index contributed by atoms with van der Waals surface area (Å²) >= 11 is 0. The topological polar surface area (TPSA) is 102 Å². The number of halogens is 1.